The SMILES string of the molecule is COc1ccc(F)cc1CC[C@H]1CC[C@H](CN=C=S)O1. The summed E-state index contributed by atoms with van der Waals surface area (Å²) < 4.78 is 24.4. The smallest absolute Gasteiger partial charge is 0.123 e. The monoisotopic (exact) mass is 295 g/mol. The highest BCUT2D eigenvalue weighted by Gasteiger charge is 2.24. The Balaban J connectivity index is 1.87. The van der Waals surface area contributed by atoms with Crippen LogP contribution in [-0.2, 0) is 11.2 Å². The Bertz CT molecular complexity index is 503. The van der Waals surface area contributed by atoms with Gasteiger partial charge < -0.3 is 9.47 Å². The number of benzene rings is 1. The predicted octanol–water partition coefficient (Wildman–Crippen LogP) is 3.42. The lowest BCUT2D eigenvalue weighted by molar-refractivity contribution is 0.0461. The minimum absolute atomic E-state index is 0.143. The molecule has 0 N–H and O–H groups in total. The third-order valence-electron chi connectivity index (χ3n) is 3.53. The maximum atomic E-state index is 13.3. The zero-order valence-corrected chi connectivity index (χ0v) is 12.3. The molecule has 1 aromatic carbocycles. The lowest BCUT2D eigenvalue weighted by Crippen LogP contribution is -2.14. The van der Waals surface area contributed by atoms with E-state index in [-0.39, 0.29) is 18.0 Å². The van der Waals surface area contributed by atoms with Crippen LogP contribution < -0.4 is 4.74 Å². The molecule has 0 radical (unpaired) electrons. The van der Waals surface area contributed by atoms with Crippen molar-refractivity contribution in [2.45, 2.75) is 37.9 Å². The average Bonchev–Trinajstić information content (AvgIpc) is 2.91. The zero-order valence-electron chi connectivity index (χ0n) is 11.5. The number of nitrogens with zero attached hydrogens (tertiary/aromatic N) is 1. The van der Waals surface area contributed by atoms with Gasteiger partial charge in [0.1, 0.15) is 11.6 Å². The second kappa shape index (κ2) is 7.48. The molecule has 20 heavy (non-hydrogen) atoms. The van der Waals surface area contributed by atoms with Gasteiger partial charge in [-0.1, -0.05) is 0 Å². The number of ether oxygens (including phenoxy) is 2. The van der Waals surface area contributed by atoms with E-state index in [1.54, 1.807) is 13.2 Å². The highest BCUT2D eigenvalue weighted by molar-refractivity contribution is 7.78. The van der Waals surface area contributed by atoms with Crippen LogP contribution in [-0.4, -0.2) is 31.0 Å². The highest BCUT2D eigenvalue weighted by atomic mass is 32.1. The molecule has 3 nitrogen and oxygen atoms in total. The highest BCUT2D eigenvalue weighted by Crippen LogP contribution is 2.26. The van der Waals surface area contributed by atoms with Gasteiger partial charge in [0.25, 0.3) is 0 Å². The third kappa shape index (κ3) is 4.10. The molecule has 2 atom stereocenters. The van der Waals surface area contributed by atoms with Gasteiger partial charge in [-0.2, -0.15) is 0 Å². The fourth-order valence-electron chi connectivity index (χ4n) is 2.52. The van der Waals surface area contributed by atoms with Crippen LogP contribution in [0, 0.1) is 5.82 Å². The van der Waals surface area contributed by atoms with E-state index < -0.39 is 0 Å². The molecule has 0 unspecified atom stereocenters. The van der Waals surface area contributed by atoms with Crippen molar-refractivity contribution in [3.05, 3.63) is 29.6 Å². The van der Waals surface area contributed by atoms with Gasteiger partial charge in [-0.3, -0.25) is 0 Å². The van der Waals surface area contributed by atoms with E-state index in [2.05, 4.69) is 22.4 Å². The van der Waals surface area contributed by atoms with E-state index >= 15 is 0 Å². The number of halogens is 1. The minimum atomic E-state index is -0.235. The quantitative estimate of drug-likeness (QED) is 0.595. The van der Waals surface area contributed by atoms with Gasteiger partial charge in [0.15, 0.2) is 0 Å². The van der Waals surface area contributed by atoms with E-state index in [1.807, 2.05) is 0 Å². The van der Waals surface area contributed by atoms with Crippen LogP contribution in [0.4, 0.5) is 4.39 Å². The van der Waals surface area contributed by atoms with Gasteiger partial charge in [-0.25, -0.2) is 9.38 Å². The summed E-state index contributed by atoms with van der Waals surface area (Å²) in [4.78, 5) is 3.92. The van der Waals surface area contributed by atoms with Crippen LogP contribution in [0.1, 0.15) is 24.8 Å². The van der Waals surface area contributed by atoms with Crippen LogP contribution in [0.15, 0.2) is 23.2 Å². The fourth-order valence-corrected chi connectivity index (χ4v) is 2.60. The maximum Gasteiger partial charge on any atom is 0.123 e. The molecule has 1 aliphatic rings. The molecule has 1 fully saturated rings. The molecular formula is C15H18FNO2S. The van der Waals surface area contributed by atoms with Crippen molar-refractivity contribution in [2.24, 2.45) is 4.99 Å². The number of methoxy groups -OCH3 is 1. The lowest BCUT2D eigenvalue weighted by Gasteiger charge is -2.13. The van der Waals surface area contributed by atoms with Crippen molar-refractivity contribution >= 4 is 17.4 Å². The van der Waals surface area contributed by atoms with Gasteiger partial charge in [0.2, 0.25) is 0 Å². The molecule has 0 spiro atoms. The summed E-state index contributed by atoms with van der Waals surface area (Å²) in [5, 5.41) is 2.36. The standard InChI is InChI=1S/C15H18FNO2S/c1-18-15-7-3-12(16)8-11(15)2-4-13-5-6-14(19-13)9-17-10-20/h3,7-8,13-14H,2,4-6,9H2,1H3/t13-,14+/m0/s1. The van der Waals surface area contributed by atoms with Crippen molar-refractivity contribution in [3.63, 3.8) is 0 Å². The summed E-state index contributed by atoms with van der Waals surface area (Å²) in [6.45, 7) is 0.587. The molecule has 108 valence electrons. The Hall–Kier alpha value is -1.29. The van der Waals surface area contributed by atoms with Crippen molar-refractivity contribution in [1.29, 1.82) is 0 Å². The first-order valence-electron chi connectivity index (χ1n) is 6.74. The summed E-state index contributed by atoms with van der Waals surface area (Å²) in [5.74, 6) is 0.493. The Kier molecular flexibility index (Phi) is 5.65. The Morgan fingerprint density at radius 3 is 3.00 bits per heavy atom. The van der Waals surface area contributed by atoms with Gasteiger partial charge in [0.05, 0.1) is 31.0 Å². The Morgan fingerprint density at radius 1 is 1.45 bits per heavy atom. The number of hydrogen-bond acceptors (Lipinski definition) is 4. The number of rotatable bonds is 6. The molecule has 0 aliphatic carbocycles. The lowest BCUT2D eigenvalue weighted by atomic mass is 10.0. The Morgan fingerprint density at radius 2 is 2.25 bits per heavy atom. The van der Waals surface area contributed by atoms with Gasteiger partial charge in [0, 0.05) is 0 Å². The van der Waals surface area contributed by atoms with Crippen LogP contribution in [0.2, 0.25) is 0 Å². The molecule has 0 amide bonds. The first-order chi connectivity index (χ1) is 9.72. The number of aliphatic imine (C=N–C) groups is 1. The van der Waals surface area contributed by atoms with E-state index in [9.17, 15) is 4.39 Å². The van der Waals surface area contributed by atoms with E-state index in [0.29, 0.717) is 6.54 Å². The second-order valence-corrected chi connectivity index (χ2v) is 5.07. The normalized spacial score (nSPS) is 21.5. The van der Waals surface area contributed by atoms with Crippen LogP contribution >= 0.6 is 12.2 Å². The average molecular weight is 295 g/mol. The number of aryl methyl sites for hydroxylation is 1. The fraction of sp³-hybridized carbons (Fsp3) is 0.533. The second-order valence-electron chi connectivity index (χ2n) is 4.88. The van der Waals surface area contributed by atoms with Crippen LogP contribution in [0.3, 0.4) is 0 Å². The third-order valence-corrected chi connectivity index (χ3v) is 3.66. The van der Waals surface area contributed by atoms with Crippen molar-refractivity contribution in [1.82, 2.24) is 0 Å². The van der Waals surface area contributed by atoms with Crippen molar-refractivity contribution in [2.75, 3.05) is 13.7 Å². The molecule has 5 heteroatoms. The largest absolute Gasteiger partial charge is 0.496 e. The Labute approximate surface area is 123 Å². The molecule has 0 saturated carbocycles. The van der Waals surface area contributed by atoms with Gasteiger partial charge in [-0.05, 0) is 61.7 Å². The number of thiocarbonyl (C=S) groups is 1. The van der Waals surface area contributed by atoms with Crippen molar-refractivity contribution < 1.29 is 13.9 Å². The van der Waals surface area contributed by atoms with E-state index in [0.717, 1.165) is 37.0 Å². The predicted molar refractivity (Wildman–Crippen MR) is 79.1 cm³/mol. The summed E-state index contributed by atoms with van der Waals surface area (Å²) in [6, 6.07) is 4.60. The zero-order chi connectivity index (χ0) is 14.4. The van der Waals surface area contributed by atoms with E-state index in [1.165, 1.54) is 12.1 Å². The molecule has 0 aromatic heterocycles. The number of isothiocyanates is 1. The molecule has 0 bridgehead atoms. The minimum Gasteiger partial charge on any atom is -0.496 e. The first-order valence-corrected chi connectivity index (χ1v) is 7.15. The van der Waals surface area contributed by atoms with Crippen LogP contribution in [0.5, 0.6) is 5.75 Å². The summed E-state index contributed by atoms with van der Waals surface area (Å²) in [5.41, 5.74) is 0.886. The molecule has 1 aliphatic heterocycles. The molecular weight excluding hydrogens is 277 g/mol. The molecule has 1 aromatic rings. The van der Waals surface area contributed by atoms with Gasteiger partial charge in [-0.15, -0.1) is 0 Å². The summed E-state index contributed by atoms with van der Waals surface area (Å²) in [7, 11) is 1.60. The summed E-state index contributed by atoms with van der Waals surface area (Å²) in [6.07, 6.45) is 3.95. The first kappa shape index (κ1) is 15.1. The molecule has 1 saturated heterocycles. The number of hydrogen-bond donors (Lipinski definition) is 0. The van der Waals surface area contributed by atoms with Crippen molar-refractivity contribution in [3.8, 4) is 5.75 Å². The van der Waals surface area contributed by atoms with Gasteiger partial charge >= 0.3 is 0 Å². The van der Waals surface area contributed by atoms with Crippen LogP contribution in [0.25, 0.3) is 0 Å². The maximum absolute atomic E-state index is 13.3. The summed E-state index contributed by atoms with van der Waals surface area (Å²) >= 11 is 4.55. The topological polar surface area (TPSA) is 30.8 Å². The molecule has 2 rings (SSSR count). The van der Waals surface area contributed by atoms with E-state index in [4.69, 9.17) is 9.47 Å². The molecule has 1 heterocycles.